The molecule has 25 heavy (non-hydrogen) atoms. The van der Waals surface area contributed by atoms with E-state index in [-0.39, 0.29) is 0 Å². The van der Waals surface area contributed by atoms with Gasteiger partial charge in [0.05, 0.1) is 14.2 Å². The molecule has 0 radical (unpaired) electrons. The molecule has 0 saturated heterocycles. The highest BCUT2D eigenvalue weighted by atomic mass is 16.5. The first-order valence-corrected chi connectivity index (χ1v) is 8.11. The van der Waals surface area contributed by atoms with Crippen molar-refractivity contribution in [1.82, 2.24) is 0 Å². The minimum Gasteiger partial charge on any atom is -0.496 e. The van der Waals surface area contributed by atoms with Gasteiger partial charge >= 0.3 is 0 Å². The van der Waals surface area contributed by atoms with Crippen molar-refractivity contribution in [2.45, 2.75) is 0 Å². The molecule has 0 bridgehead atoms. The van der Waals surface area contributed by atoms with E-state index in [0.717, 1.165) is 44.5 Å². The van der Waals surface area contributed by atoms with Crippen LogP contribution in [0.1, 0.15) is 0 Å². The maximum Gasteiger partial charge on any atom is 0.135 e. The van der Waals surface area contributed by atoms with Gasteiger partial charge in [-0.05, 0) is 24.3 Å². The third-order valence-corrected chi connectivity index (χ3v) is 4.35. The Balaban J connectivity index is 1.87. The molecule has 0 unspecified atom stereocenters. The van der Waals surface area contributed by atoms with Crippen molar-refractivity contribution in [1.29, 1.82) is 0 Å². The van der Waals surface area contributed by atoms with Gasteiger partial charge in [0, 0.05) is 21.5 Å². The van der Waals surface area contributed by atoms with Gasteiger partial charge in [0.25, 0.3) is 0 Å². The van der Waals surface area contributed by atoms with Gasteiger partial charge < -0.3 is 14.2 Å². The summed E-state index contributed by atoms with van der Waals surface area (Å²) < 4.78 is 17.2. The molecule has 0 amide bonds. The molecular formula is C22H18O3. The standard InChI is InChI=1S/C22H18O3/c1-23-19-11-13-21(17-9-5-3-7-15(17)19)25-22-14-12-20(24-2)16-8-4-6-10-18(16)22/h3-14H,1-2H3. The Morgan fingerprint density at radius 1 is 0.440 bits per heavy atom. The first-order valence-electron chi connectivity index (χ1n) is 8.11. The van der Waals surface area contributed by atoms with Crippen LogP contribution in [-0.2, 0) is 0 Å². The Labute approximate surface area is 146 Å². The summed E-state index contributed by atoms with van der Waals surface area (Å²) in [6, 6.07) is 23.9. The van der Waals surface area contributed by atoms with Crippen molar-refractivity contribution in [3.8, 4) is 23.0 Å². The van der Waals surface area contributed by atoms with Crippen molar-refractivity contribution < 1.29 is 14.2 Å². The minimum absolute atomic E-state index is 0.798. The van der Waals surface area contributed by atoms with Gasteiger partial charge in [-0.3, -0.25) is 0 Å². The van der Waals surface area contributed by atoms with Crippen molar-refractivity contribution in [2.75, 3.05) is 14.2 Å². The number of ether oxygens (including phenoxy) is 3. The fraction of sp³-hybridized carbons (Fsp3) is 0.0909. The predicted molar refractivity (Wildman–Crippen MR) is 101 cm³/mol. The zero-order valence-electron chi connectivity index (χ0n) is 14.2. The van der Waals surface area contributed by atoms with Crippen LogP contribution in [0.5, 0.6) is 23.0 Å². The second-order valence-electron chi connectivity index (χ2n) is 5.73. The Kier molecular flexibility index (Phi) is 3.90. The van der Waals surface area contributed by atoms with Gasteiger partial charge in [-0.2, -0.15) is 0 Å². The van der Waals surface area contributed by atoms with Gasteiger partial charge in [0.15, 0.2) is 0 Å². The molecule has 124 valence electrons. The number of hydrogen-bond acceptors (Lipinski definition) is 3. The van der Waals surface area contributed by atoms with Crippen LogP contribution in [0.4, 0.5) is 0 Å². The van der Waals surface area contributed by atoms with E-state index in [4.69, 9.17) is 14.2 Å². The summed E-state index contributed by atoms with van der Waals surface area (Å²) in [4.78, 5) is 0. The first-order chi connectivity index (χ1) is 12.3. The smallest absolute Gasteiger partial charge is 0.135 e. The highest BCUT2D eigenvalue weighted by Crippen LogP contribution is 2.39. The van der Waals surface area contributed by atoms with Gasteiger partial charge in [-0.25, -0.2) is 0 Å². The van der Waals surface area contributed by atoms with Crippen molar-refractivity contribution in [2.24, 2.45) is 0 Å². The predicted octanol–water partition coefficient (Wildman–Crippen LogP) is 5.80. The number of methoxy groups -OCH3 is 2. The summed E-state index contributed by atoms with van der Waals surface area (Å²) >= 11 is 0. The van der Waals surface area contributed by atoms with Gasteiger partial charge in [-0.15, -0.1) is 0 Å². The third kappa shape index (κ3) is 2.64. The van der Waals surface area contributed by atoms with E-state index in [1.807, 2.05) is 72.8 Å². The first kappa shape index (κ1) is 15.3. The second kappa shape index (κ2) is 6.36. The molecule has 0 fully saturated rings. The molecule has 4 aromatic carbocycles. The van der Waals surface area contributed by atoms with Crippen LogP contribution in [0, 0.1) is 0 Å². The molecule has 0 aromatic heterocycles. The summed E-state index contributed by atoms with van der Waals surface area (Å²) in [5.41, 5.74) is 0. The van der Waals surface area contributed by atoms with E-state index < -0.39 is 0 Å². The van der Waals surface area contributed by atoms with E-state index in [1.165, 1.54) is 0 Å². The molecule has 0 N–H and O–H groups in total. The summed E-state index contributed by atoms with van der Waals surface area (Å²) in [6.45, 7) is 0. The Morgan fingerprint density at radius 2 is 0.760 bits per heavy atom. The quantitative estimate of drug-likeness (QED) is 0.473. The highest BCUT2D eigenvalue weighted by molar-refractivity contribution is 5.96. The number of benzene rings is 4. The molecule has 0 aliphatic rings. The molecule has 0 atom stereocenters. The van der Waals surface area contributed by atoms with E-state index in [1.54, 1.807) is 14.2 Å². The van der Waals surface area contributed by atoms with Gasteiger partial charge in [0.1, 0.15) is 23.0 Å². The monoisotopic (exact) mass is 330 g/mol. The maximum absolute atomic E-state index is 6.29. The zero-order chi connectivity index (χ0) is 17.2. The maximum atomic E-state index is 6.29. The second-order valence-corrected chi connectivity index (χ2v) is 5.73. The topological polar surface area (TPSA) is 27.7 Å². The number of rotatable bonds is 4. The largest absolute Gasteiger partial charge is 0.496 e. The van der Waals surface area contributed by atoms with Crippen molar-refractivity contribution in [3.63, 3.8) is 0 Å². The molecule has 3 heteroatoms. The molecule has 4 rings (SSSR count). The van der Waals surface area contributed by atoms with Gasteiger partial charge in [0.2, 0.25) is 0 Å². The van der Waals surface area contributed by atoms with E-state index >= 15 is 0 Å². The molecule has 0 aliphatic carbocycles. The molecule has 3 nitrogen and oxygen atoms in total. The third-order valence-electron chi connectivity index (χ3n) is 4.35. The Bertz CT molecular complexity index is 968. The van der Waals surface area contributed by atoms with Crippen LogP contribution in [0.3, 0.4) is 0 Å². The lowest BCUT2D eigenvalue weighted by Gasteiger charge is -2.14. The SMILES string of the molecule is COc1ccc(Oc2ccc(OC)c3ccccc23)c2ccccc12. The van der Waals surface area contributed by atoms with Crippen LogP contribution in [0.2, 0.25) is 0 Å². The molecule has 4 aromatic rings. The fourth-order valence-electron chi connectivity index (χ4n) is 3.14. The van der Waals surface area contributed by atoms with Crippen LogP contribution in [-0.4, -0.2) is 14.2 Å². The summed E-state index contributed by atoms with van der Waals surface area (Å²) in [5, 5.41) is 4.09. The summed E-state index contributed by atoms with van der Waals surface area (Å²) in [7, 11) is 3.36. The molecular weight excluding hydrogens is 312 g/mol. The average Bonchev–Trinajstić information content (AvgIpc) is 2.68. The lowest BCUT2D eigenvalue weighted by molar-refractivity contribution is 0.417. The van der Waals surface area contributed by atoms with Crippen LogP contribution in [0.25, 0.3) is 21.5 Å². The van der Waals surface area contributed by atoms with Crippen molar-refractivity contribution in [3.05, 3.63) is 72.8 Å². The summed E-state index contributed by atoms with van der Waals surface area (Å²) in [6.07, 6.45) is 0. The Morgan fingerprint density at radius 3 is 1.12 bits per heavy atom. The highest BCUT2D eigenvalue weighted by Gasteiger charge is 2.11. The minimum atomic E-state index is 0.798. The fourth-order valence-corrected chi connectivity index (χ4v) is 3.14. The Hall–Kier alpha value is -3.20. The lowest BCUT2D eigenvalue weighted by atomic mass is 10.1. The van der Waals surface area contributed by atoms with Gasteiger partial charge in [-0.1, -0.05) is 48.5 Å². The zero-order valence-corrected chi connectivity index (χ0v) is 14.2. The van der Waals surface area contributed by atoms with Crippen LogP contribution in [0.15, 0.2) is 72.8 Å². The number of fused-ring (bicyclic) bond motifs is 2. The molecule has 0 heterocycles. The molecule has 0 saturated carbocycles. The van der Waals surface area contributed by atoms with E-state index in [0.29, 0.717) is 0 Å². The normalized spacial score (nSPS) is 10.8. The van der Waals surface area contributed by atoms with E-state index in [9.17, 15) is 0 Å². The van der Waals surface area contributed by atoms with E-state index in [2.05, 4.69) is 0 Å². The number of hydrogen-bond donors (Lipinski definition) is 0. The average molecular weight is 330 g/mol. The summed E-state index contributed by atoms with van der Waals surface area (Å²) in [5.74, 6) is 3.27. The molecule has 0 spiro atoms. The molecule has 0 aliphatic heterocycles. The van der Waals surface area contributed by atoms with Crippen LogP contribution < -0.4 is 14.2 Å². The van der Waals surface area contributed by atoms with Crippen LogP contribution >= 0.6 is 0 Å². The lowest BCUT2D eigenvalue weighted by Crippen LogP contribution is -1.91. The van der Waals surface area contributed by atoms with Crippen molar-refractivity contribution >= 4 is 21.5 Å².